The van der Waals surface area contributed by atoms with Gasteiger partial charge in [-0.15, -0.1) is 0 Å². The summed E-state index contributed by atoms with van der Waals surface area (Å²) in [7, 11) is -3.91. The van der Waals surface area contributed by atoms with Crippen LogP contribution in [-0.4, -0.2) is 13.4 Å². The number of halogens is 3. The van der Waals surface area contributed by atoms with Crippen LogP contribution in [0, 0.1) is 5.82 Å². The van der Waals surface area contributed by atoms with Crippen molar-refractivity contribution in [2.45, 2.75) is 4.90 Å². The summed E-state index contributed by atoms with van der Waals surface area (Å²) >= 11 is 11.3. The van der Waals surface area contributed by atoms with Crippen LogP contribution in [0.15, 0.2) is 41.4 Å². The zero-order valence-electron chi connectivity index (χ0n) is 9.27. The molecule has 2 aromatic rings. The molecule has 0 bridgehead atoms. The molecule has 1 N–H and O–H groups in total. The van der Waals surface area contributed by atoms with E-state index in [1.165, 1.54) is 18.3 Å². The fourth-order valence-electron chi connectivity index (χ4n) is 1.34. The van der Waals surface area contributed by atoms with Gasteiger partial charge < -0.3 is 0 Å². The Labute approximate surface area is 119 Å². The minimum absolute atomic E-state index is 0.200. The van der Waals surface area contributed by atoms with Crippen molar-refractivity contribution in [1.82, 2.24) is 4.98 Å². The molecule has 4 nitrogen and oxygen atoms in total. The smallest absolute Gasteiger partial charge is 0.263 e. The van der Waals surface area contributed by atoms with Gasteiger partial charge >= 0.3 is 0 Å². The molecule has 1 aromatic carbocycles. The summed E-state index contributed by atoms with van der Waals surface area (Å²) in [5.41, 5.74) is 0.227. The van der Waals surface area contributed by atoms with Crippen LogP contribution in [-0.2, 0) is 10.0 Å². The van der Waals surface area contributed by atoms with Crippen LogP contribution in [0.5, 0.6) is 0 Å². The maximum Gasteiger partial charge on any atom is 0.263 e. The van der Waals surface area contributed by atoms with E-state index in [4.69, 9.17) is 23.2 Å². The first-order valence-electron chi connectivity index (χ1n) is 4.98. The van der Waals surface area contributed by atoms with Crippen LogP contribution in [0.3, 0.4) is 0 Å². The lowest BCUT2D eigenvalue weighted by Gasteiger charge is -2.09. The molecule has 1 heterocycles. The molecule has 0 amide bonds. The minimum atomic E-state index is -3.91. The molecule has 8 heteroatoms. The molecule has 0 spiro atoms. The van der Waals surface area contributed by atoms with E-state index < -0.39 is 15.8 Å². The van der Waals surface area contributed by atoms with Crippen LogP contribution in [0.1, 0.15) is 0 Å². The summed E-state index contributed by atoms with van der Waals surface area (Å²) in [6.45, 7) is 0. The highest BCUT2D eigenvalue weighted by Crippen LogP contribution is 2.24. The third-order valence-corrected chi connectivity index (χ3v) is 4.25. The first kappa shape index (κ1) is 14.0. The Morgan fingerprint density at radius 1 is 1.16 bits per heavy atom. The van der Waals surface area contributed by atoms with E-state index in [1.807, 2.05) is 0 Å². The van der Waals surface area contributed by atoms with Crippen molar-refractivity contribution in [3.8, 4) is 0 Å². The van der Waals surface area contributed by atoms with Crippen LogP contribution >= 0.6 is 23.2 Å². The van der Waals surface area contributed by atoms with Crippen LogP contribution in [0.2, 0.25) is 10.2 Å². The lowest BCUT2D eigenvalue weighted by Crippen LogP contribution is -2.13. The SMILES string of the molecule is O=S(=O)(Nc1ccc(Cl)nc1)c1ccc(F)cc1Cl. The number of sulfonamides is 1. The van der Waals surface area contributed by atoms with Gasteiger partial charge in [-0.2, -0.15) is 0 Å². The fraction of sp³-hybridized carbons (Fsp3) is 0. The number of anilines is 1. The van der Waals surface area contributed by atoms with E-state index in [-0.39, 0.29) is 20.8 Å². The van der Waals surface area contributed by atoms with Crippen molar-refractivity contribution in [3.63, 3.8) is 0 Å². The van der Waals surface area contributed by atoms with Gasteiger partial charge in [0.05, 0.1) is 16.9 Å². The molecule has 0 unspecified atom stereocenters. The first-order valence-corrected chi connectivity index (χ1v) is 7.22. The van der Waals surface area contributed by atoms with Crippen LogP contribution < -0.4 is 4.72 Å². The van der Waals surface area contributed by atoms with Crippen LogP contribution in [0.4, 0.5) is 10.1 Å². The third kappa shape index (κ3) is 3.34. The highest BCUT2D eigenvalue weighted by atomic mass is 35.5. The molecule has 0 aliphatic carbocycles. The number of nitrogens with one attached hydrogen (secondary N) is 1. The molecule has 100 valence electrons. The summed E-state index contributed by atoms with van der Waals surface area (Å²) in [5.74, 6) is -0.614. The number of hydrogen-bond donors (Lipinski definition) is 1. The molecule has 0 saturated carbocycles. The highest BCUT2D eigenvalue weighted by Gasteiger charge is 2.18. The van der Waals surface area contributed by atoms with E-state index in [0.29, 0.717) is 0 Å². The number of pyridine rings is 1. The molecule has 1 aromatic heterocycles. The predicted octanol–water partition coefficient (Wildman–Crippen LogP) is 3.33. The molecule has 0 aliphatic heterocycles. The molecular weight excluding hydrogens is 314 g/mol. The quantitative estimate of drug-likeness (QED) is 0.882. The van der Waals surface area contributed by atoms with Crippen LogP contribution in [0.25, 0.3) is 0 Å². The summed E-state index contributed by atoms with van der Waals surface area (Å²) in [5, 5.41) is 0.0391. The Morgan fingerprint density at radius 3 is 2.47 bits per heavy atom. The van der Waals surface area contributed by atoms with Crippen molar-refractivity contribution < 1.29 is 12.8 Å². The molecule has 19 heavy (non-hydrogen) atoms. The summed E-state index contributed by atoms with van der Waals surface area (Å²) < 4.78 is 39.2. The number of benzene rings is 1. The first-order chi connectivity index (χ1) is 8.88. The average Bonchev–Trinajstić information content (AvgIpc) is 2.31. The number of aromatic nitrogens is 1. The van der Waals surface area contributed by atoms with Crippen molar-refractivity contribution in [2.24, 2.45) is 0 Å². The third-order valence-electron chi connectivity index (χ3n) is 2.16. The summed E-state index contributed by atoms with van der Waals surface area (Å²) in [4.78, 5) is 3.52. The average molecular weight is 321 g/mol. The second kappa shape index (κ2) is 5.32. The Morgan fingerprint density at radius 2 is 1.89 bits per heavy atom. The van der Waals surface area contributed by atoms with E-state index in [2.05, 4.69) is 9.71 Å². The Hall–Kier alpha value is -1.37. The number of rotatable bonds is 3. The van der Waals surface area contributed by atoms with Crippen molar-refractivity contribution >= 4 is 38.9 Å². The largest absolute Gasteiger partial charge is 0.278 e. The second-order valence-corrected chi connectivity index (χ2v) is 6.00. The van der Waals surface area contributed by atoms with Gasteiger partial charge in [-0.1, -0.05) is 23.2 Å². The monoisotopic (exact) mass is 320 g/mol. The zero-order valence-corrected chi connectivity index (χ0v) is 11.6. The standard InChI is InChI=1S/C11H7Cl2FN2O2S/c12-9-5-7(14)1-3-10(9)19(17,18)16-8-2-4-11(13)15-6-8/h1-6,16H. The van der Waals surface area contributed by atoms with Gasteiger partial charge in [0.1, 0.15) is 15.9 Å². The number of nitrogens with zero attached hydrogens (tertiary/aromatic N) is 1. The molecule has 0 fully saturated rings. The topological polar surface area (TPSA) is 59.1 Å². The summed E-state index contributed by atoms with van der Waals surface area (Å²) in [6.07, 6.45) is 1.26. The van der Waals surface area contributed by atoms with Gasteiger partial charge in [-0.25, -0.2) is 17.8 Å². The fourth-order valence-corrected chi connectivity index (χ4v) is 3.03. The molecule has 0 radical (unpaired) electrons. The van der Waals surface area contributed by atoms with E-state index in [1.54, 1.807) is 0 Å². The van der Waals surface area contributed by atoms with Gasteiger partial charge in [0.2, 0.25) is 0 Å². The maximum atomic E-state index is 12.9. The lowest BCUT2D eigenvalue weighted by molar-refractivity contribution is 0.599. The number of hydrogen-bond acceptors (Lipinski definition) is 3. The van der Waals surface area contributed by atoms with Gasteiger partial charge in [0.25, 0.3) is 10.0 Å². The van der Waals surface area contributed by atoms with Gasteiger partial charge in [0, 0.05) is 0 Å². The maximum absolute atomic E-state index is 12.9. The Kier molecular flexibility index (Phi) is 3.93. The van der Waals surface area contributed by atoms with Gasteiger partial charge in [0.15, 0.2) is 0 Å². The molecule has 0 atom stereocenters. The van der Waals surface area contributed by atoms with E-state index in [9.17, 15) is 12.8 Å². The van der Waals surface area contributed by atoms with Crippen molar-refractivity contribution in [3.05, 3.63) is 52.5 Å². The Balaban J connectivity index is 2.35. The second-order valence-electron chi connectivity index (χ2n) is 3.55. The molecule has 0 aliphatic rings. The van der Waals surface area contributed by atoms with E-state index >= 15 is 0 Å². The lowest BCUT2D eigenvalue weighted by atomic mass is 10.3. The normalized spacial score (nSPS) is 11.3. The predicted molar refractivity (Wildman–Crippen MR) is 71.5 cm³/mol. The molecule has 0 saturated heterocycles. The van der Waals surface area contributed by atoms with Gasteiger partial charge in [-0.05, 0) is 30.3 Å². The Bertz CT molecular complexity index is 705. The van der Waals surface area contributed by atoms with Gasteiger partial charge in [-0.3, -0.25) is 4.72 Å². The van der Waals surface area contributed by atoms with E-state index in [0.717, 1.165) is 18.2 Å². The molecular formula is C11H7Cl2FN2O2S. The molecule has 2 rings (SSSR count). The minimum Gasteiger partial charge on any atom is -0.278 e. The van der Waals surface area contributed by atoms with Crippen molar-refractivity contribution in [1.29, 1.82) is 0 Å². The summed E-state index contributed by atoms with van der Waals surface area (Å²) in [6, 6.07) is 5.91. The zero-order chi connectivity index (χ0) is 14.0. The highest BCUT2D eigenvalue weighted by molar-refractivity contribution is 7.92. The van der Waals surface area contributed by atoms with Crippen molar-refractivity contribution in [2.75, 3.05) is 4.72 Å².